The van der Waals surface area contributed by atoms with Gasteiger partial charge in [0, 0.05) is 13.0 Å². The molecule has 0 atom stereocenters. The van der Waals surface area contributed by atoms with E-state index in [0.29, 0.717) is 5.06 Å². The summed E-state index contributed by atoms with van der Waals surface area (Å²) in [6, 6.07) is 5.64. The van der Waals surface area contributed by atoms with Gasteiger partial charge in [0.05, 0.1) is 11.1 Å². The van der Waals surface area contributed by atoms with Gasteiger partial charge in [0.25, 0.3) is 17.7 Å². The van der Waals surface area contributed by atoms with Crippen LogP contribution in [0.1, 0.15) is 47.4 Å². The lowest BCUT2D eigenvalue weighted by Crippen LogP contribution is -2.40. The Kier molecular flexibility index (Phi) is 4.23. The first-order valence-corrected chi connectivity index (χ1v) is 8.05. The summed E-state index contributed by atoms with van der Waals surface area (Å²) < 4.78 is 0. The van der Waals surface area contributed by atoms with Crippen LogP contribution in [-0.2, 0) is 14.4 Å². The molecule has 26 heavy (non-hydrogen) atoms. The van der Waals surface area contributed by atoms with E-state index in [1.165, 1.54) is 12.1 Å². The summed E-state index contributed by atoms with van der Waals surface area (Å²) in [7, 11) is 0. The largest absolute Gasteiger partial charge is 0.333 e. The molecule has 1 aromatic carbocycles. The zero-order chi connectivity index (χ0) is 19.1. The number of hydrogen-bond donors (Lipinski definition) is 1. The first-order valence-electron chi connectivity index (χ1n) is 8.05. The molecule has 1 fully saturated rings. The Morgan fingerprint density at radius 3 is 2.15 bits per heavy atom. The van der Waals surface area contributed by atoms with Crippen LogP contribution in [0.2, 0.25) is 0 Å². The molecule has 0 unspecified atom stereocenters. The van der Waals surface area contributed by atoms with Crippen LogP contribution < -0.4 is 5.32 Å². The first kappa shape index (κ1) is 17.6. The van der Waals surface area contributed by atoms with Gasteiger partial charge in [-0.3, -0.25) is 19.3 Å². The molecule has 0 spiro atoms. The zero-order valence-electron chi connectivity index (χ0n) is 14.3. The summed E-state index contributed by atoms with van der Waals surface area (Å²) in [4.78, 5) is 65.8. The number of fused-ring (bicyclic) bond motifs is 1. The first-order chi connectivity index (χ1) is 12.2. The minimum Gasteiger partial charge on any atom is -0.330 e. The van der Waals surface area contributed by atoms with E-state index in [0.717, 1.165) is 4.90 Å². The van der Waals surface area contributed by atoms with Gasteiger partial charge in [-0.05, 0) is 32.4 Å². The van der Waals surface area contributed by atoms with E-state index < -0.39 is 29.4 Å². The van der Waals surface area contributed by atoms with E-state index in [9.17, 15) is 24.0 Å². The number of hydroxylamine groups is 2. The highest BCUT2D eigenvalue weighted by Crippen LogP contribution is 2.23. The predicted octanol–water partition coefficient (Wildman–Crippen LogP) is 0.851. The second-order valence-electron chi connectivity index (χ2n) is 6.53. The third-order valence-corrected chi connectivity index (χ3v) is 4.16. The molecule has 0 saturated carbocycles. The maximum absolute atomic E-state index is 12.1. The zero-order valence-corrected chi connectivity index (χ0v) is 14.3. The molecule has 2 heterocycles. The number of amides is 5. The maximum atomic E-state index is 12.1. The predicted molar refractivity (Wildman–Crippen MR) is 86.6 cm³/mol. The fourth-order valence-electron chi connectivity index (χ4n) is 2.80. The number of imide groups is 2. The molecule has 0 aliphatic carbocycles. The lowest BCUT2D eigenvalue weighted by Gasteiger charge is -2.16. The van der Waals surface area contributed by atoms with Gasteiger partial charge in [-0.1, -0.05) is 17.2 Å². The van der Waals surface area contributed by atoms with Crippen molar-refractivity contribution in [2.75, 3.05) is 6.54 Å². The van der Waals surface area contributed by atoms with Gasteiger partial charge < -0.3 is 10.2 Å². The topological polar surface area (TPSA) is 113 Å². The van der Waals surface area contributed by atoms with Crippen LogP contribution in [0.4, 0.5) is 4.79 Å². The second kappa shape index (κ2) is 6.25. The molecule has 1 saturated heterocycles. The number of rotatable bonds is 5. The van der Waals surface area contributed by atoms with Gasteiger partial charge in [-0.15, -0.1) is 0 Å². The lowest BCUT2D eigenvalue weighted by molar-refractivity contribution is -0.168. The van der Waals surface area contributed by atoms with Gasteiger partial charge in [0.2, 0.25) is 0 Å². The molecule has 9 heteroatoms. The minimum absolute atomic E-state index is 0.0331. The average molecular weight is 359 g/mol. The van der Waals surface area contributed by atoms with Crippen LogP contribution in [0.25, 0.3) is 0 Å². The van der Waals surface area contributed by atoms with E-state index in [1.807, 2.05) is 0 Å². The summed E-state index contributed by atoms with van der Waals surface area (Å²) in [5, 5.41) is 2.97. The smallest absolute Gasteiger partial charge is 0.330 e. The monoisotopic (exact) mass is 359 g/mol. The molecule has 136 valence electrons. The number of nitrogens with one attached hydrogen (secondary N) is 1. The summed E-state index contributed by atoms with van der Waals surface area (Å²) in [6.45, 7) is 3.21. The lowest BCUT2D eigenvalue weighted by atomic mass is 10.1. The van der Waals surface area contributed by atoms with E-state index >= 15 is 0 Å². The number of carbonyl (C=O) groups is 5. The highest BCUT2D eigenvalue weighted by atomic mass is 16.7. The van der Waals surface area contributed by atoms with Crippen LogP contribution in [0.3, 0.4) is 0 Å². The Balaban J connectivity index is 1.53. The van der Waals surface area contributed by atoms with Crippen molar-refractivity contribution in [3.05, 3.63) is 35.4 Å². The van der Waals surface area contributed by atoms with E-state index in [1.54, 1.807) is 26.0 Å². The van der Waals surface area contributed by atoms with Crippen molar-refractivity contribution in [3.63, 3.8) is 0 Å². The average Bonchev–Trinajstić information content (AvgIpc) is 2.94. The quantitative estimate of drug-likeness (QED) is 0.616. The number of benzene rings is 1. The van der Waals surface area contributed by atoms with Crippen LogP contribution in [0.5, 0.6) is 0 Å². The molecule has 1 aromatic rings. The molecule has 5 amide bonds. The molecular formula is C17H17N3O6. The number of hydrogen-bond acceptors (Lipinski definition) is 6. The molecule has 0 bridgehead atoms. The highest BCUT2D eigenvalue weighted by Gasteiger charge is 2.44. The van der Waals surface area contributed by atoms with Crippen LogP contribution in [0, 0.1) is 0 Å². The van der Waals surface area contributed by atoms with Crippen LogP contribution in [0.15, 0.2) is 24.3 Å². The Bertz CT molecular complexity index is 797. The SMILES string of the molecule is CC1(C)NC(=O)N(CCCC(=O)ON2C(=O)c3ccccc3C2=O)C1=O. The third-order valence-electron chi connectivity index (χ3n) is 4.16. The molecule has 0 aromatic heterocycles. The molecule has 2 aliphatic heterocycles. The Labute approximate surface area is 148 Å². The molecule has 2 aliphatic rings. The molecule has 3 rings (SSSR count). The second-order valence-corrected chi connectivity index (χ2v) is 6.53. The number of urea groups is 1. The van der Waals surface area contributed by atoms with Gasteiger partial charge in [-0.2, -0.15) is 0 Å². The minimum atomic E-state index is -0.974. The molecular weight excluding hydrogens is 342 g/mol. The fourth-order valence-corrected chi connectivity index (χ4v) is 2.80. The third kappa shape index (κ3) is 2.92. The Hall–Kier alpha value is -3.23. The van der Waals surface area contributed by atoms with E-state index in [2.05, 4.69) is 5.32 Å². The maximum Gasteiger partial charge on any atom is 0.333 e. The van der Waals surface area contributed by atoms with E-state index in [-0.39, 0.29) is 36.4 Å². The van der Waals surface area contributed by atoms with Crippen LogP contribution >= 0.6 is 0 Å². The van der Waals surface area contributed by atoms with Crippen molar-refractivity contribution in [1.29, 1.82) is 0 Å². The van der Waals surface area contributed by atoms with Gasteiger partial charge >= 0.3 is 12.0 Å². The molecule has 1 N–H and O–H groups in total. The summed E-state index contributed by atoms with van der Waals surface area (Å²) >= 11 is 0. The summed E-state index contributed by atoms with van der Waals surface area (Å²) in [6.07, 6.45) is -0.0118. The van der Waals surface area contributed by atoms with Crippen molar-refractivity contribution < 1.29 is 28.8 Å². The molecule has 9 nitrogen and oxygen atoms in total. The van der Waals surface area contributed by atoms with Crippen molar-refractivity contribution in [3.8, 4) is 0 Å². The highest BCUT2D eigenvalue weighted by molar-refractivity contribution is 6.20. The molecule has 0 radical (unpaired) electrons. The van der Waals surface area contributed by atoms with E-state index in [4.69, 9.17) is 4.84 Å². The van der Waals surface area contributed by atoms with Crippen molar-refractivity contribution in [2.45, 2.75) is 32.2 Å². The van der Waals surface area contributed by atoms with Gasteiger partial charge in [-0.25, -0.2) is 9.59 Å². The standard InChI is InChI=1S/C17H17N3O6/c1-17(2)15(24)19(16(25)18-17)9-5-8-12(21)26-20-13(22)10-6-3-4-7-11(10)14(20)23/h3-4,6-7H,5,8-9H2,1-2H3,(H,18,25). The summed E-state index contributed by atoms with van der Waals surface area (Å²) in [5.41, 5.74) is -0.628. The van der Waals surface area contributed by atoms with Gasteiger partial charge in [0.1, 0.15) is 5.54 Å². The number of carbonyl (C=O) groups excluding carboxylic acids is 5. The Morgan fingerprint density at radius 1 is 1.08 bits per heavy atom. The van der Waals surface area contributed by atoms with Gasteiger partial charge in [0.15, 0.2) is 0 Å². The number of nitrogens with zero attached hydrogens (tertiary/aromatic N) is 2. The fraction of sp³-hybridized carbons (Fsp3) is 0.353. The van der Waals surface area contributed by atoms with Crippen molar-refractivity contribution in [1.82, 2.24) is 15.3 Å². The summed E-state index contributed by atoms with van der Waals surface area (Å²) in [5.74, 6) is -2.58. The van der Waals surface area contributed by atoms with Crippen LogP contribution in [-0.4, -0.2) is 51.8 Å². The Morgan fingerprint density at radius 2 is 1.65 bits per heavy atom. The van der Waals surface area contributed by atoms with Crippen molar-refractivity contribution >= 4 is 29.7 Å². The normalized spacial score (nSPS) is 18.2. The van der Waals surface area contributed by atoms with Crippen molar-refractivity contribution in [2.24, 2.45) is 0 Å².